The van der Waals surface area contributed by atoms with Crippen LogP contribution in [-0.4, -0.2) is 11.0 Å². The van der Waals surface area contributed by atoms with Crippen LogP contribution in [0.2, 0.25) is 15.1 Å². The van der Waals surface area contributed by atoms with Crippen molar-refractivity contribution in [2.45, 2.75) is 0 Å². The van der Waals surface area contributed by atoms with Gasteiger partial charge in [0.15, 0.2) is 5.11 Å². The number of hydrogen-bond acceptors (Lipinski definition) is 2. The van der Waals surface area contributed by atoms with Gasteiger partial charge in [0.1, 0.15) is 0 Å². The first-order chi connectivity index (χ1) is 9.95. The third-order valence-electron chi connectivity index (χ3n) is 2.51. The lowest BCUT2D eigenvalue weighted by atomic mass is 10.2. The van der Waals surface area contributed by atoms with Crippen LogP contribution in [0.15, 0.2) is 42.5 Å². The molecule has 3 nitrogen and oxygen atoms in total. The van der Waals surface area contributed by atoms with Crippen LogP contribution in [0.4, 0.5) is 5.69 Å². The van der Waals surface area contributed by atoms with E-state index >= 15 is 0 Å². The molecule has 2 aromatic carbocycles. The quantitative estimate of drug-likeness (QED) is 0.759. The normalized spacial score (nSPS) is 10.0. The van der Waals surface area contributed by atoms with E-state index in [1.165, 1.54) is 0 Å². The highest BCUT2D eigenvalue weighted by Crippen LogP contribution is 2.24. The Balaban J connectivity index is 1.99. The van der Waals surface area contributed by atoms with E-state index in [9.17, 15) is 4.79 Å². The zero-order valence-corrected chi connectivity index (χ0v) is 13.6. The van der Waals surface area contributed by atoms with Crippen molar-refractivity contribution in [1.82, 2.24) is 5.32 Å². The fourth-order valence-electron chi connectivity index (χ4n) is 1.51. The van der Waals surface area contributed by atoms with Crippen molar-refractivity contribution in [2.75, 3.05) is 5.32 Å². The number of anilines is 1. The van der Waals surface area contributed by atoms with Gasteiger partial charge in [0.2, 0.25) is 0 Å². The highest BCUT2D eigenvalue weighted by Gasteiger charge is 2.08. The average molecular weight is 360 g/mol. The van der Waals surface area contributed by atoms with Crippen molar-refractivity contribution in [3.05, 3.63) is 63.1 Å². The van der Waals surface area contributed by atoms with Gasteiger partial charge in [-0.15, -0.1) is 0 Å². The molecule has 1 amide bonds. The summed E-state index contributed by atoms with van der Waals surface area (Å²) in [6.07, 6.45) is 0. The lowest BCUT2D eigenvalue weighted by Gasteiger charge is -2.10. The summed E-state index contributed by atoms with van der Waals surface area (Å²) < 4.78 is 0. The number of hydrogen-bond donors (Lipinski definition) is 2. The van der Waals surface area contributed by atoms with Crippen LogP contribution in [0.5, 0.6) is 0 Å². The van der Waals surface area contributed by atoms with E-state index in [4.69, 9.17) is 47.0 Å². The molecule has 2 N–H and O–H groups in total. The molecule has 0 radical (unpaired) electrons. The van der Waals surface area contributed by atoms with Gasteiger partial charge in [-0.2, -0.15) is 0 Å². The SMILES string of the molecule is O=C(NC(=S)Nc1ccc(Cl)c(Cl)c1)c1ccc(Cl)cc1. The predicted octanol–water partition coefficient (Wildman–Crippen LogP) is 4.77. The Labute approximate surface area is 142 Å². The Morgan fingerprint density at radius 2 is 1.62 bits per heavy atom. The van der Waals surface area contributed by atoms with Gasteiger partial charge < -0.3 is 5.32 Å². The summed E-state index contributed by atoms with van der Waals surface area (Å²) in [5.74, 6) is -0.329. The number of carbonyl (C=O) groups is 1. The third kappa shape index (κ3) is 4.58. The Morgan fingerprint density at radius 1 is 0.952 bits per heavy atom. The van der Waals surface area contributed by atoms with Crippen molar-refractivity contribution >= 4 is 63.7 Å². The van der Waals surface area contributed by atoms with Gasteiger partial charge in [0.25, 0.3) is 5.91 Å². The molecule has 0 heterocycles. The standard InChI is InChI=1S/C14H9Cl3N2OS/c15-9-3-1-8(2-4-9)13(20)19-14(21)18-10-5-6-11(16)12(17)7-10/h1-7H,(H2,18,19,20,21). The van der Waals surface area contributed by atoms with E-state index in [1.54, 1.807) is 42.5 Å². The molecule has 2 aromatic rings. The minimum absolute atomic E-state index is 0.160. The molecule has 0 aliphatic carbocycles. The molecule has 108 valence electrons. The van der Waals surface area contributed by atoms with Crippen LogP contribution in [0.3, 0.4) is 0 Å². The molecule has 2 rings (SSSR count). The molecule has 0 atom stereocenters. The van der Waals surface area contributed by atoms with Crippen LogP contribution in [0.1, 0.15) is 10.4 Å². The summed E-state index contributed by atoms with van der Waals surface area (Å²) in [6, 6.07) is 11.4. The maximum Gasteiger partial charge on any atom is 0.257 e. The molecular formula is C14H9Cl3N2OS. The van der Waals surface area contributed by atoms with E-state index < -0.39 is 0 Å². The van der Waals surface area contributed by atoms with Crippen molar-refractivity contribution in [1.29, 1.82) is 0 Å². The highest BCUT2D eigenvalue weighted by atomic mass is 35.5. The Bertz CT molecular complexity index is 689. The summed E-state index contributed by atoms with van der Waals surface area (Å²) in [6.45, 7) is 0. The number of amides is 1. The molecule has 21 heavy (non-hydrogen) atoms. The molecule has 0 spiro atoms. The number of carbonyl (C=O) groups excluding carboxylic acids is 1. The van der Waals surface area contributed by atoms with Crippen LogP contribution in [-0.2, 0) is 0 Å². The second-order valence-electron chi connectivity index (χ2n) is 4.04. The fourth-order valence-corrected chi connectivity index (χ4v) is 2.15. The smallest absolute Gasteiger partial charge is 0.257 e. The van der Waals surface area contributed by atoms with Crippen molar-refractivity contribution in [3.63, 3.8) is 0 Å². The average Bonchev–Trinajstić information content (AvgIpc) is 2.43. The maximum atomic E-state index is 11.9. The minimum Gasteiger partial charge on any atom is -0.332 e. The van der Waals surface area contributed by atoms with E-state index in [-0.39, 0.29) is 11.0 Å². The minimum atomic E-state index is -0.329. The van der Waals surface area contributed by atoms with Crippen LogP contribution in [0.25, 0.3) is 0 Å². The van der Waals surface area contributed by atoms with Crippen LogP contribution >= 0.6 is 47.0 Å². The molecule has 0 bridgehead atoms. The molecule has 0 fully saturated rings. The van der Waals surface area contributed by atoms with Gasteiger partial charge in [-0.1, -0.05) is 34.8 Å². The predicted molar refractivity (Wildman–Crippen MR) is 91.6 cm³/mol. The summed E-state index contributed by atoms with van der Waals surface area (Å²) in [5.41, 5.74) is 1.09. The van der Waals surface area contributed by atoms with Crippen molar-refractivity contribution < 1.29 is 4.79 Å². The molecule has 0 aromatic heterocycles. The lowest BCUT2D eigenvalue weighted by Crippen LogP contribution is -2.34. The summed E-state index contributed by atoms with van der Waals surface area (Å²) in [4.78, 5) is 11.9. The van der Waals surface area contributed by atoms with Crippen LogP contribution in [0, 0.1) is 0 Å². The topological polar surface area (TPSA) is 41.1 Å². The third-order valence-corrected chi connectivity index (χ3v) is 3.71. The Hall–Kier alpha value is -1.33. The highest BCUT2D eigenvalue weighted by molar-refractivity contribution is 7.80. The van der Waals surface area contributed by atoms with Gasteiger partial charge >= 0.3 is 0 Å². The van der Waals surface area contributed by atoms with Gasteiger partial charge in [-0.05, 0) is 54.7 Å². The summed E-state index contributed by atoms with van der Waals surface area (Å²) in [5, 5.41) is 6.97. The monoisotopic (exact) mass is 358 g/mol. The summed E-state index contributed by atoms with van der Waals surface area (Å²) >= 11 is 22.6. The maximum absolute atomic E-state index is 11.9. The van der Waals surface area contributed by atoms with Crippen molar-refractivity contribution in [2.24, 2.45) is 0 Å². The Kier molecular flexibility index (Phi) is 5.42. The first kappa shape index (κ1) is 16.0. The zero-order valence-electron chi connectivity index (χ0n) is 10.5. The molecule has 0 saturated heterocycles. The first-order valence-corrected chi connectivity index (χ1v) is 7.33. The second kappa shape index (κ2) is 7.09. The first-order valence-electron chi connectivity index (χ1n) is 5.78. The van der Waals surface area contributed by atoms with Gasteiger partial charge in [-0.25, -0.2) is 0 Å². The van der Waals surface area contributed by atoms with Crippen molar-refractivity contribution in [3.8, 4) is 0 Å². The Morgan fingerprint density at radius 3 is 2.24 bits per heavy atom. The molecule has 0 aliphatic heterocycles. The molecular weight excluding hydrogens is 351 g/mol. The molecule has 0 aliphatic rings. The zero-order chi connectivity index (χ0) is 15.4. The second-order valence-corrected chi connectivity index (χ2v) is 5.70. The van der Waals surface area contributed by atoms with E-state index in [2.05, 4.69) is 10.6 Å². The van der Waals surface area contributed by atoms with Crippen LogP contribution < -0.4 is 10.6 Å². The molecule has 0 unspecified atom stereocenters. The molecule has 0 saturated carbocycles. The molecule has 7 heteroatoms. The fraction of sp³-hybridized carbons (Fsp3) is 0. The van der Waals surface area contributed by atoms with Gasteiger partial charge in [-0.3, -0.25) is 10.1 Å². The van der Waals surface area contributed by atoms with E-state index in [0.717, 1.165) is 0 Å². The van der Waals surface area contributed by atoms with Gasteiger partial charge in [0.05, 0.1) is 10.0 Å². The largest absolute Gasteiger partial charge is 0.332 e. The lowest BCUT2D eigenvalue weighted by molar-refractivity contribution is 0.0978. The van der Waals surface area contributed by atoms with E-state index in [0.29, 0.717) is 26.3 Å². The van der Waals surface area contributed by atoms with Gasteiger partial charge in [0, 0.05) is 16.3 Å². The number of nitrogens with one attached hydrogen (secondary N) is 2. The summed E-state index contributed by atoms with van der Waals surface area (Å²) in [7, 11) is 0. The van der Waals surface area contributed by atoms with E-state index in [1.807, 2.05) is 0 Å². The number of rotatable bonds is 2. The number of thiocarbonyl (C=S) groups is 1. The number of benzene rings is 2. The number of halogens is 3.